The van der Waals surface area contributed by atoms with Crippen LogP contribution in [0.5, 0.6) is 5.75 Å². The summed E-state index contributed by atoms with van der Waals surface area (Å²) < 4.78 is 19.4. The second-order valence-corrected chi connectivity index (χ2v) is 4.98. The molecule has 1 aliphatic rings. The summed E-state index contributed by atoms with van der Waals surface area (Å²) in [6, 6.07) is 4.98. The van der Waals surface area contributed by atoms with Crippen LogP contribution in [-0.2, 0) is 6.54 Å². The van der Waals surface area contributed by atoms with E-state index >= 15 is 0 Å². The summed E-state index contributed by atoms with van der Waals surface area (Å²) in [5, 5.41) is 0. The first-order chi connectivity index (χ1) is 8.19. The zero-order valence-electron chi connectivity index (χ0n) is 10.3. The normalized spacial score (nSPS) is 24.6. The molecule has 2 nitrogen and oxygen atoms in total. The van der Waals surface area contributed by atoms with Crippen LogP contribution in [0.2, 0.25) is 0 Å². The van der Waals surface area contributed by atoms with Crippen molar-refractivity contribution in [1.82, 2.24) is 0 Å². The molecule has 1 aromatic rings. The summed E-state index contributed by atoms with van der Waals surface area (Å²) in [5.74, 6) is 0.743. The highest BCUT2D eigenvalue weighted by Crippen LogP contribution is 2.28. The van der Waals surface area contributed by atoms with Gasteiger partial charge in [-0.1, -0.05) is 19.4 Å². The lowest BCUT2D eigenvalue weighted by Gasteiger charge is -2.27. The Morgan fingerprint density at radius 2 is 2.24 bits per heavy atom. The van der Waals surface area contributed by atoms with Gasteiger partial charge in [-0.25, -0.2) is 4.39 Å². The SMILES string of the molecule is CC1CCCC(Oc2ccc(CN)cc2F)C1. The van der Waals surface area contributed by atoms with Crippen molar-refractivity contribution in [3.05, 3.63) is 29.6 Å². The molecule has 3 heteroatoms. The number of ether oxygens (including phenoxy) is 1. The topological polar surface area (TPSA) is 35.2 Å². The smallest absolute Gasteiger partial charge is 0.165 e. The molecule has 0 bridgehead atoms. The maximum atomic E-state index is 13.7. The van der Waals surface area contributed by atoms with Crippen molar-refractivity contribution in [3.8, 4) is 5.75 Å². The van der Waals surface area contributed by atoms with Crippen molar-refractivity contribution >= 4 is 0 Å². The van der Waals surface area contributed by atoms with Crippen LogP contribution in [0.15, 0.2) is 18.2 Å². The van der Waals surface area contributed by atoms with Crippen LogP contribution < -0.4 is 10.5 Å². The van der Waals surface area contributed by atoms with Gasteiger partial charge in [-0.15, -0.1) is 0 Å². The summed E-state index contributed by atoms with van der Waals surface area (Å²) >= 11 is 0. The van der Waals surface area contributed by atoms with Crippen molar-refractivity contribution in [3.63, 3.8) is 0 Å². The highest BCUT2D eigenvalue weighted by atomic mass is 19.1. The fraction of sp³-hybridized carbons (Fsp3) is 0.571. The van der Waals surface area contributed by atoms with E-state index in [2.05, 4.69) is 6.92 Å². The van der Waals surface area contributed by atoms with Crippen LogP contribution in [0, 0.1) is 11.7 Å². The van der Waals surface area contributed by atoms with Crippen LogP contribution in [0.1, 0.15) is 38.2 Å². The van der Waals surface area contributed by atoms with Gasteiger partial charge in [0.05, 0.1) is 6.10 Å². The van der Waals surface area contributed by atoms with Gasteiger partial charge in [-0.3, -0.25) is 0 Å². The van der Waals surface area contributed by atoms with Gasteiger partial charge in [0.25, 0.3) is 0 Å². The predicted molar refractivity (Wildman–Crippen MR) is 66.3 cm³/mol. The largest absolute Gasteiger partial charge is 0.487 e. The third kappa shape index (κ3) is 3.19. The van der Waals surface area contributed by atoms with E-state index in [-0.39, 0.29) is 11.9 Å². The third-order valence-electron chi connectivity index (χ3n) is 3.41. The maximum Gasteiger partial charge on any atom is 0.165 e. The minimum atomic E-state index is -0.300. The first-order valence-electron chi connectivity index (χ1n) is 6.34. The Bertz CT molecular complexity index is 380. The lowest BCUT2D eigenvalue weighted by atomic mass is 9.89. The van der Waals surface area contributed by atoms with E-state index in [0.717, 1.165) is 18.4 Å². The van der Waals surface area contributed by atoms with Crippen molar-refractivity contribution in [2.75, 3.05) is 0 Å². The zero-order chi connectivity index (χ0) is 12.3. The van der Waals surface area contributed by atoms with Crippen molar-refractivity contribution in [2.45, 2.75) is 45.3 Å². The number of nitrogens with two attached hydrogens (primary N) is 1. The molecular formula is C14H20FNO. The molecule has 1 fully saturated rings. The van der Waals surface area contributed by atoms with E-state index in [0.29, 0.717) is 18.2 Å². The van der Waals surface area contributed by atoms with E-state index in [4.69, 9.17) is 10.5 Å². The molecular weight excluding hydrogens is 217 g/mol. The summed E-state index contributed by atoms with van der Waals surface area (Å²) in [7, 11) is 0. The first-order valence-corrected chi connectivity index (χ1v) is 6.34. The third-order valence-corrected chi connectivity index (χ3v) is 3.41. The average molecular weight is 237 g/mol. The zero-order valence-corrected chi connectivity index (χ0v) is 10.3. The second-order valence-electron chi connectivity index (χ2n) is 4.98. The van der Waals surface area contributed by atoms with E-state index in [1.165, 1.54) is 18.9 Å². The molecule has 17 heavy (non-hydrogen) atoms. The molecule has 0 radical (unpaired) electrons. The van der Waals surface area contributed by atoms with Crippen LogP contribution in [0.4, 0.5) is 4.39 Å². The van der Waals surface area contributed by atoms with Gasteiger partial charge in [-0.2, -0.15) is 0 Å². The molecule has 94 valence electrons. The van der Waals surface area contributed by atoms with Gasteiger partial charge in [0.2, 0.25) is 0 Å². The lowest BCUT2D eigenvalue weighted by molar-refractivity contribution is 0.124. The maximum absolute atomic E-state index is 13.7. The number of halogens is 1. The predicted octanol–water partition coefficient (Wildman–Crippen LogP) is 3.24. The van der Waals surface area contributed by atoms with Crippen LogP contribution >= 0.6 is 0 Å². The summed E-state index contributed by atoms with van der Waals surface area (Å²) in [5.41, 5.74) is 6.26. The molecule has 0 heterocycles. The Hall–Kier alpha value is -1.09. The molecule has 0 amide bonds. The van der Waals surface area contributed by atoms with Crippen molar-refractivity contribution in [2.24, 2.45) is 11.7 Å². The van der Waals surface area contributed by atoms with Crippen LogP contribution in [0.3, 0.4) is 0 Å². The van der Waals surface area contributed by atoms with Gasteiger partial charge < -0.3 is 10.5 Å². The first kappa shape index (κ1) is 12.4. The molecule has 1 aliphatic carbocycles. The molecule has 0 aromatic heterocycles. The quantitative estimate of drug-likeness (QED) is 0.876. The molecule has 0 saturated heterocycles. The molecule has 2 rings (SSSR count). The summed E-state index contributed by atoms with van der Waals surface area (Å²) in [4.78, 5) is 0. The summed E-state index contributed by atoms with van der Waals surface area (Å²) in [6.45, 7) is 2.58. The van der Waals surface area contributed by atoms with Gasteiger partial charge >= 0.3 is 0 Å². The second kappa shape index (κ2) is 5.50. The Balaban J connectivity index is 2.02. The van der Waals surface area contributed by atoms with E-state index in [1.807, 2.05) is 6.07 Å². The Morgan fingerprint density at radius 3 is 2.88 bits per heavy atom. The molecule has 2 N–H and O–H groups in total. The summed E-state index contributed by atoms with van der Waals surface area (Å²) in [6.07, 6.45) is 4.65. The number of hydrogen-bond acceptors (Lipinski definition) is 2. The number of benzene rings is 1. The van der Waals surface area contributed by atoms with Crippen LogP contribution in [0.25, 0.3) is 0 Å². The highest BCUT2D eigenvalue weighted by molar-refractivity contribution is 5.29. The van der Waals surface area contributed by atoms with Crippen LogP contribution in [-0.4, -0.2) is 6.10 Å². The van der Waals surface area contributed by atoms with Crippen molar-refractivity contribution < 1.29 is 9.13 Å². The fourth-order valence-electron chi connectivity index (χ4n) is 2.43. The van der Waals surface area contributed by atoms with Gasteiger partial charge in [-0.05, 0) is 42.9 Å². The molecule has 0 spiro atoms. The number of rotatable bonds is 3. The van der Waals surface area contributed by atoms with E-state index in [1.54, 1.807) is 6.07 Å². The standard InChI is InChI=1S/C14H20FNO/c1-10-3-2-4-12(7-10)17-14-6-5-11(9-16)8-13(14)15/h5-6,8,10,12H,2-4,7,9,16H2,1H3. The fourth-order valence-corrected chi connectivity index (χ4v) is 2.43. The molecule has 1 aromatic carbocycles. The minimum absolute atomic E-state index is 0.164. The average Bonchev–Trinajstić information content (AvgIpc) is 2.32. The Morgan fingerprint density at radius 1 is 1.41 bits per heavy atom. The van der Waals surface area contributed by atoms with Gasteiger partial charge in [0, 0.05) is 6.54 Å². The highest BCUT2D eigenvalue weighted by Gasteiger charge is 2.21. The molecule has 0 aliphatic heterocycles. The number of hydrogen-bond donors (Lipinski definition) is 1. The van der Waals surface area contributed by atoms with Crippen molar-refractivity contribution in [1.29, 1.82) is 0 Å². The molecule has 1 saturated carbocycles. The van der Waals surface area contributed by atoms with E-state index in [9.17, 15) is 4.39 Å². The Labute approximate surface area is 102 Å². The van der Waals surface area contributed by atoms with Gasteiger partial charge in [0.15, 0.2) is 11.6 Å². The molecule has 2 unspecified atom stereocenters. The molecule has 2 atom stereocenters. The lowest BCUT2D eigenvalue weighted by Crippen LogP contribution is -2.24. The Kier molecular flexibility index (Phi) is 4.00. The minimum Gasteiger partial charge on any atom is -0.487 e. The van der Waals surface area contributed by atoms with E-state index < -0.39 is 0 Å². The monoisotopic (exact) mass is 237 g/mol. The van der Waals surface area contributed by atoms with Gasteiger partial charge in [0.1, 0.15) is 0 Å².